The fourth-order valence-electron chi connectivity index (χ4n) is 2.07. The van der Waals surface area contributed by atoms with E-state index in [0.717, 1.165) is 28.9 Å². The Labute approximate surface area is 92.5 Å². The zero-order chi connectivity index (χ0) is 11.3. The molecule has 0 aromatic carbocycles. The molecule has 0 spiro atoms. The first-order valence-electron chi connectivity index (χ1n) is 5.03. The predicted molar refractivity (Wildman–Crippen MR) is 59.1 cm³/mol. The van der Waals surface area contributed by atoms with Crippen molar-refractivity contribution < 1.29 is 10.0 Å². The highest BCUT2D eigenvalue weighted by Crippen LogP contribution is 2.32. The molecular formula is C10H10BN3O2. The first-order valence-corrected chi connectivity index (χ1v) is 5.03. The van der Waals surface area contributed by atoms with Gasteiger partial charge < -0.3 is 10.0 Å². The normalized spacial score (nSPS) is 12.4. The third-order valence-corrected chi connectivity index (χ3v) is 2.81. The maximum Gasteiger partial charge on any atom is 0.490 e. The number of aryl methyl sites for hydroxylation is 1. The van der Waals surface area contributed by atoms with Crippen molar-refractivity contribution in [3.05, 3.63) is 29.7 Å². The Bertz CT molecular complexity index is 565. The molecule has 6 heteroatoms. The molecule has 0 amide bonds. The summed E-state index contributed by atoms with van der Waals surface area (Å²) in [6.07, 6.45) is 4.22. The van der Waals surface area contributed by atoms with Crippen molar-refractivity contribution in [2.45, 2.75) is 6.42 Å². The van der Waals surface area contributed by atoms with Crippen molar-refractivity contribution in [1.29, 1.82) is 0 Å². The molecule has 2 N–H and O–H groups in total. The summed E-state index contributed by atoms with van der Waals surface area (Å²) in [6.45, 7) is 0. The largest absolute Gasteiger partial charge is 0.490 e. The third-order valence-electron chi connectivity index (χ3n) is 2.81. The Kier molecular flexibility index (Phi) is 1.89. The summed E-state index contributed by atoms with van der Waals surface area (Å²) in [6, 6.07) is 1.74. The van der Waals surface area contributed by atoms with Crippen LogP contribution in [0.2, 0.25) is 0 Å². The van der Waals surface area contributed by atoms with E-state index in [-0.39, 0.29) is 0 Å². The highest BCUT2D eigenvalue weighted by Gasteiger charge is 2.25. The topological polar surface area (TPSA) is 71.2 Å². The summed E-state index contributed by atoms with van der Waals surface area (Å²) in [4.78, 5) is 4.23. The molecule has 80 valence electrons. The Morgan fingerprint density at radius 1 is 1.44 bits per heavy atom. The van der Waals surface area contributed by atoms with Crippen LogP contribution in [0.3, 0.4) is 0 Å². The molecule has 1 aliphatic rings. The van der Waals surface area contributed by atoms with Gasteiger partial charge in [-0.25, -0.2) is 0 Å². The van der Waals surface area contributed by atoms with Crippen LogP contribution in [-0.2, 0) is 13.5 Å². The number of pyridine rings is 1. The number of aromatic nitrogens is 3. The van der Waals surface area contributed by atoms with Crippen LogP contribution < -0.4 is 5.46 Å². The minimum absolute atomic E-state index is 0.400. The summed E-state index contributed by atoms with van der Waals surface area (Å²) in [5, 5.41) is 22.5. The van der Waals surface area contributed by atoms with Crippen molar-refractivity contribution >= 4 is 12.6 Å². The third kappa shape index (κ3) is 1.27. The average molecular weight is 215 g/mol. The number of rotatable bonds is 1. The van der Waals surface area contributed by atoms with E-state index in [2.05, 4.69) is 10.1 Å². The molecular weight excluding hydrogens is 205 g/mol. The second kappa shape index (κ2) is 3.17. The molecule has 0 bridgehead atoms. The molecule has 0 radical (unpaired) electrons. The van der Waals surface area contributed by atoms with Crippen LogP contribution in [0.25, 0.3) is 11.3 Å². The van der Waals surface area contributed by atoms with E-state index in [4.69, 9.17) is 10.0 Å². The highest BCUT2D eigenvalue weighted by molar-refractivity contribution is 6.58. The van der Waals surface area contributed by atoms with Gasteiger partial charge in [0.2, 0.25) is 0 Å². The lowest BCUT2D eigenvalue weighted by atomic mass is 9.81. The van der Waals surface area contributed by atoms with Gasteiger partial charge in [-0.3, -0.25) is 9.67 Å². The smallest absolute Gasteiger partial charge is 0.423 e. The first kappa shape index (κ1) is 9.56. The van der Waals surface area contributed by atoms with E-state index >= 15 is 0 Å². The Morgan fingerprint density at radius 2 is 2.25 bits per heavy atom. The van der Waals surface area contributed by atoms with Gasteiger partial charge in [0.05, 0.1) is 11.4 Å². The molecule has 16 heavy (non-hydrogen) atoms. The lowest BCUT2D eigenvalue weighted by molar-refractivity contribution is 0.425. The lowest BCUT2D eigenvalue weighted by Crippen LogP contribution is -2.30. The maximum atomic E-state index is 9.10. The molecule has 5 nitrogen and oxygen atoms in total. The van der Waals surface area contributed by atoms with Crippen molar-refractivity contribution in [2.24, 2.45) is 7.05 Å². The molecule has 0 saturated heterocycles. The van der Waals surface area contributed by atoms with Gasteiger partial charge >= 0.3 is 7.12 Å². The van der Waals surface area contributed by atoms with Crippen LogP contribution >= 0.6 is 0 Å². The van der Waals surface area contributed by atoms with Gasteiger partial charge in [-0.15, -0.1) is 0 Å². The molecule has 1 aliphatic carbocycles. The monoisotopic (exact) mass is 215 g/mol. The van der Waals surface area contributed by atoms with Crippen LogP contribution in [0, 0.1) is 0 Å². The molecule has 3 rings (SSSR count). The van der Waals surface area contributed by atoms with Gasteiger partial charge in [-0.1, -0.05) is 0 Å². The van der Waals surface area contributed by atoms with Crippen molar-refractivity contribution in [3.63, 3.8) is 0 Å². The van der Waals surface area contributed by atoms with Crippen LogP contribution in [0.1, 0.15) is 11.3 Å². The van der Waals surface area contributed by atoms with Crippen LogP contribution in [-0.4, -0.2) is 31.9 Å². The van der Waals surface area contributed by atoms with E-state index < -0.39 is 7.12 Å². The molecule has 2 aromatic rings. The first-order chi connectivity index (χ1) is 7.65. The Hall–Kier alpha value is -1.66. The zero-order valence-electron chi connectivity index (χ0n) is 8.75. The van der Waals surface area contributed by atoms with Gasteiger partial charge in [0, 0.05) is 42.5 Å². The maximum absolute atomic E-state index is 9.10. The number of nitrogens with zero attached hydrogens (tertiary/aromatic N) is 3. The summed E-state index contributed by atoms with van der Waals surface area (Å²) < 4.78 is 1.76. The van der Waals surface area contributed by atoms with Crippen LogP contribution in [0.5, 0.6) is 0 Å². The van der Waals surface area contributed by atoms with E-state index in [0.29, 0.717) is 5.46 Å². The van der Waals surface area contributed by atoms with Crippen molar-refractivity contribution in [1.82, 2.24) is 14.8 Å². The number of hydrogen-bond acceptors (Lipinski definition) is 4. The second-order valence-corrected chi connectivity index (χ2v) is 3.99. The lowest BCUT2D eigenvalue weighted by Gasteiger charge is -2.02. The summed E-state index contributed by atoms with van der Waals surface area (Å²) in [7, 11) is 0.390. The Morgan fingerprint density at radius 3 is 3.00 bits per heavy atom. The summed E-state index contributed by atoms with van der Waals surface area (Å²) in [5.41, 5.74) is 4.28. The van der Waals surface area contributed by atoms with Gasteiger partial charge in [-0.05, 0) is 6.07 Å². The van der Waals surface area contributed by atoms with E-state index in [1.807, 2.05) is 13.2 Å². The molecule has 0 fully saturated rings. The van der Waals surface area contributed by atoms with Gasteiger partial charge in [0.1, 0.15) is 0 Å². The fraction of sp³-hybridized carbons (Fsp3) is 0.200. The molecule has 2 aromatic heterocycles. The molecule has 0 aliphatic heterocycles. The number of fused-ring (bicyclic) bond motifs is 3. The SMILES string of the molecule is Cn1cc2c(n1)-c1cc(B(O)O)cnc1C2. The standard InChI is InChI=1S/C10H10BN3O2/c1-14-5-6-2-9-8(10(6)13-14)3-7(4-12-9)11(15)16/h3-5,15-16H,2H2,1H3. The van der Waals surface area contributed by atoms with Crippen LogP contribution in [0.15, 0.2) is 18.5 Å². The van der Waals surface area contributed by atoms with Crippen LogP contribution in [0.4, 0.5) is 0 Å². The molecule has 0 unspecified atom stereocenters. The Balaban J connectivity index is 2.17. The second-order valence-electron chi connectivity index (χ2n) is 3.99. The van der Waals surface area contributed by atoms with E-state index in [1.54, 1.807) is 10.7 Å². The van der Waals surface area contributed by atoms with E-state index in [9.17, 15) is 0 Å². The fourth-order valence-corrected chi connectivity index (χ4v) is 2.07. The summed E-state index contributed by atoms with van der Waals surface area (Å²) >= 11 is 0. The molecule has 0 atom stereocenters. The van der Waals surface area contributed by atoms with Crippen molar-refractivity contribution in [2.75, 3.05) is 0 Å². The van der Waals surface area contributed by atoms with E-state index in [1.165, 1.54) is 6.20 Å². The van der Waals surface area contributed by atoms with Crippen molar-refractivity contribution in [3.8, 4) is 11.3 Å². The van der Waals surface area contributed by atoms with Gasteiger partial charge in [0.25, 0.3) is 0 Å². The quantitative estimate of drug-likeness (QED) is 0.514. The van der Waals surface area contributed by atoms with Gasteiger partial charge in [0.15, 0.2) is 0 Å². The molecule has 0 saturated carbocycles. The minimum atomic E-state index is -1.48. The average Bonchev–Trinajstić information content (AvgIpc) is 2.72. The zero-order valence-corrected chi connectivity index (χ0v) is 8.75. The molecule has 2 heterocycles. The number of hydrogen-bond donors (Lipinski definition) is 2. The minimum Gasteiger partial charge on any atom is -0.423 e. The summed E-state index contributed by atoms with van der Waals surface area (Å²) in [5.74, 6) is 0. The predicted octanol–water partition coefficient (Wildman–Crippen LogP) is -0.934. The highest BCUT2D eigenvalue weighted by atomic mass is 16.4. The van der Waals surface area contributed by atoms with Gasteiger partial charge in [-0.2, -0.15) is 5.10 Å².